The van der Waals surface area contributed by atoms with E-state index in [1.807, 2.05) is 24.3 Å². The molecule has 29 heavy (non-hydrogen) atoms. The van der Waals surface area contributed by atoms with Gasteiger partial charge in [0.1, 0.15) is 5.82 Å². The number of halogens is 2. The Labute approximate surface area is 174 Å². The van der Waals surface area contributed by atoms with Crippen molar-refractivity contribution in [3.8, 4) is 11.1 Å². The fourth-order valence-corrected chi connectivity index (χ4v) is 5.27. The van der Waals surface area contributed by atoms with E-state index in [2.05, 4.69) is 4.72 Å². The van der Waals surface area contributed by atoms with Gasteiger partial charge in [-0.25, -0.2) is 17.5 Å². The quantitative estimate of drug-likeness (QED) is 0.781. The lowest BCUT2D eigenvalue weighted by atomic mass is 9.95. The molecule has 0 radical (unpaired) electrons. The van der Waals surface area contributed by atoms with E-state index in [4.69, 9.17) is 11.6 Å². The lowest BCUT2D eigenvalue weighted by Gasteiger charge is -2.17. The molecule has 0 spiro atoms. The molecule has 2 aliphatic rings. The Bertz CT molecular complexity index is 1040. The SMILES string of the molecule is CS(=O)(=O)NC1CCN(C(=O)C2CC2c2ccccc2-c2c(F)cccc2Cl)C1. The van der Waals surface area contributed by atoms with Crippen molar-refractivity contribution in [2.75, 3.05) is 19.3 Å². The first kappa shape index (κ1) is 20.3. The number of hydrogen-bond acceptors (Lipinski definition) is 3. The van der Waals surface area contributed by atoms with Crippen LogP contribution >= 0.6 is 11.6 Å². The summed E-state index contributed by atoms with van der Waals surface area (Å²) in [6.07, 6.45) is 2.43. The Morgan fingerprint density at radius 2 is 1.97 bits per heavy atom. The molecule has 8 heteroatoms. The predicted octanol–water partition coefficient (Wildman–Crippen LogP) is 3.40. The van der Waals surface area contributed by atoms with E-state index in [9.17, 15) is 17.6 Å². The van der Waals surface area contributed by atoms with Gasteiger partial charge >= 0.3 is 0 Å². The maximum Gasteiger partial charge on any atom is 0.226 e. The Hall–Kier alpha value is -1.96. The van der Waals surface area contributed by atoms with Crippen molar-refractivity contribution in [3.63, 3.8) is 0 Å². The molecule has 1 aliphatic heterocycles. The number of amides is 1. The predicted molar refractivity (Wildman–Crippen MR) is 111 cm³/mol. The van der Waals surface area contributed by atoms with Gasteiger partial charge < -0.3 is 4.90 Å². The Balaban J connectivity index is 1.51. The average molecular weight is 437 g/mol. The smallest absolute Gasteiger partial charge is 0.226 e. The second kappa shape index (κ2) is 7.70. The van der Waals surface area contributed by atoms with Crippen LogP contribution in [0.1, 0.15) is 24.3 Å². The van der Waals surface area contributed by atoms with E-state index in [0.717, 1.165) is 11.8 Å². The van der Waals surface area contributed by atoms with Gasteiger partial charge in [-0.2, -0.15) is 0 Å². The zero-order valence-electron chi connectivity index (χ0n) is 15.9. The molecule has 2 fully saturated rings. The molecule has 1 N–H and O–H groups in total. The monoisotopic (exact) mass is 436 g/mol. The number of likely N-dealkylation sites (tertiary alicyclic amines) is 1. The zero-order chi connectivity index (χ0) is 20.8. The van der Waals surface area contributed by atoms with Gasteiger partial charge in [0.25, 0.3) is 0 Å². The van der Waals surface area contributed by atoms with E-state index in [1.54, 1.807) is 17.0 Å². The maximum atomic E-state index is 14.5. The summed E-state index contributed by atoms with van der Waals surface area (Å²) < 4.78 is 39.9. The lowest BCUT2D eigenvalue weighted by molar-refractivity contribution is -0.131. The highest BCUT2D eigenvalue weighted by Gasteiger charge is 2.47. The molecule has 154 valence electrons. The molecule has 4 rings (SSSR count). The Kier molecular flexibility index (Phi) is 5.40. The van der Waals surface area contributed by atoms with Crippen LogP contribution in [0.2, 0.25) is 5.02 Å². The molecule has 0 aromatic heterocycles. The summed E-state index contributed by atoms with van der Waals surface area (Å²) in [5, 5.41) is 0.343. The van der Waals surface area contributed by atoms with Crippen molar-refractivity contribution in [2.24, 2.45) is 5.92 Å². The second-order valence-electron chi connectivity index (χ2n) is 7.79. The number of sulfonamides is 1. The highest BCUT2D eigenvalue weighted by Crippen LogP contribution is 2.52. The minimum absolute atomic E-state index is 0.0105. The molecular formula is C21H22ClFN2O3S. The summed E-state index contributed by atoms with van der Waals surface area (Å²) in [5.74, 6) is -0.514. The number of benzene rings is 2. The summed E-state index contributed by atoms with van der Waals surface area (Å²) in [5.41, 5.74) is 2.00. The summed E-state index contributed by atoms with van der Waals surface area (Å²) in [6, 6.07) is 11.9. The van der Waals surface area contributed by atoms with Crippen LogP contribution in [0.4, 0.5) is 4.39 Å². The molecule has 2 aromatic carbocycles. The molecule has 2 aromatic rings. The molecule has 3 atom stereocenters. The van der Waals surface area contributed by atoms with Crippen LogP contribution in [0.5, 0.6) is 0 Å². The topological polar surface area (TPSA) is 66.5 Å². The summed E-state index contributed by atoms with van der Waals surface area (Å²) in [4.78, 5) is 14.7. The van der Waals surface area contributed by atoms with Crippen LogP contribution in [-0.4, -0.2) is 44.6 Å². The molecule has 0 bridgehead atoms. The fraction of sp³-hybridized carbons (Fsp3) is 0.381. The molecule has 1 amide bonds. The number of nitrogens with zero attached hydrogens (tertiary/aromatic N) is 1. The van der Waals surface area contributed by atoms with Crippen molar-refractivity contribution >= 4 is 27.5 Å². The minimum Gasteiger partial charge on any atom is -0.341 e. The first-order valence-corrected chi connectivity index (χ1v) is 11.8. The van der Waals surface area contributed by atoms with Crippen molar-refractivity contribution in [1.82, 2.24) is 9.62 Å². The zero-order valence-corrected chi connectivity index (χ0v) is 17.5. The first-order chi connectivity index (χ1) is 13.7. The Morgan fingerprint density at radius 3 is 2.69 bits per heavy atom. The second-order valence-corrected chi connectivity index (χ2v) is 9.98. The summed E-state index contributed by atoms with van der Waals surface area (Å²) in [6.45, 7) is 0.923. The molecule has 3 unspecified atom stereocenters. The third-order valence-electron chi connectivity index (χ3n) is 5.58. The van der Waals surface area contributed by atoms with Gasteiger partial charge in [-0.15, -0.1) is 0 Å². The van der Waals surface area contributed by atoms with Crippen LogP contribution < -0.4 is 4.72 Å². The highest BCUT2D eigenvalue weighted by molar-refractivity contribution is 7.88. The van der Waals surface area contributed by atoms with Crippen molar-refractivity contribution in [1.29, 1.82) is 0 Å². The first-order valence-electron chi connectivity index (χ1n) is 9.54. The third kappa shape index (κ3) is 4.32. The van der Waals surface area contributed by atoms with Crippen LogP contribution in [-0.2, 0) is 14.8 Å². The third-order valence-corrected chi connectivity index (χ3v) is 6.66. The van der Waals surface area contributed by atoms with E-state index in [-0.39, 0.29) is 29.6 Å². The molecule has 1 saturated carbocycles. The summed E-state index contributed by atoms with van der Waals surface area (Å²) in [7, 11) is -3.30. The minimum atomic E-state index is -3.30. The van der Waals surface area contributed by atoms with Gasteiger partial charge in [-0.3, -0.25) is 4.79 Å². The maximum absolute atomic E-state index is 14.5. The van der Waals surface area contributed by atoms with Gasteiger partial charge in [0, 0.05) is 30.6 Å². The van der Waals surface area contributed by atoms with Crippen LogP contribution in [0.3, 0.4) is 0 Å². The summed E-state index contributed by atoms with van der Waals surface area (Å²) >= 11 is 6.26. The number of carbonyl (C=O) groups is 1. The van der Waals surface area contributed by atoms with E-state index >= 15 is 0 Å². The van der Waals surface area contributed by atoms with E-state index in [1.165, 1.54) is 6.07 Å². The van der Waals surface area contributed by atoms with Gasteiger partial charge in [0.15, 0.2) is 0 Å². The largest absolute Gasteiger partial charge is 0.341 e. The normalized spacial score (nSPS) is 24.0. The van der Waals surface area contributed by atoms with Gasteiger partial charge in [0.2, 0.25) is 15.9 Å². The molecule has 5 nitrogen and oxygen atoms in total. The number of carbonyl (C=O) groups excluding carboxylic acids is 1. The average Bonchev–Trinajstić information content (AvgIpc) is 3.32. The van der Waals surface area contributed by atoms with E-state index < -0.39 is 10.0 Å². The molecule has 1 aliphatic carbocycles. The van der Waals surface area contributed by atoms with Crippen LogP contribution in [0, 0.1) is 11.7 Å². The number of hydrogen-bond donors (Lipinski definition) is 1. The molecule has 1 heterocycles. The van der Waals surface area contributed by atoms with Crippen molar-refractivity contribution < 1.29 is 17.6 Å². The standard InChI is InChI=1S/C21H22ClFN2O3S/c1-29(27,28)24-13-9-10-25(12-13)21(26)17-11-16(17)14-5-2-3-6-15(14)20-18(22)7-4-8-19(20)23/h2-8,13,16-17,24H,9-12H2,1H3. The van der Waals surface area contributed by atoms with Crippen LogP contribution in [0.15, 0.2) is 42.5 Å². The highest BCUT2D eigenvalue weighted by atomic mass is 35.5. The van der Waals surface area contributed by atoms with Crippen molar-refractivity contribution in [2.45, 2.75) is 24.8 Å². The molecular weight excluding hydrogens is 415 g/mol. The van der Waals surface area contributed by atoms with Crippen molar-refractivity contribution in [3.05, 3.63) is 58.9 Å². The molecule has 1 saturated heterocycles. The van der Waals surface area contributed by atoms with Gasteiger partial charge in [-0.1, -0.05) is 41.9 Å². The fourth-order valence-electron chi connectivity index (χ4n) is 4.21. The number of nitrogens with one attached hydrogen (secondary N) is 1. The number of rotatable bonds is 5. The Morgan fingerprint density at radius 1 is 1.21 bits per heavy atom. The van der Waals surface area contributed by atoms with Gasteiger partial charge in [-0.05, 0) is 42.0 Å². The van der Waals surface area contributed by atoms with Gasteiger partial charge in [0.05, 0.1) is 11.3 Å². The van der Waals surface area contributed by atoms with Crippen LogP contribution in [0.25, 0.3) is 11.1 Å². The lowest BCUT2D eigenvalue weighted by Crippen LogP contribution is -2.38. The van der Waals surface area contributed by atoms with E-state index in [0.29, 0.717) is 42.1 Å².